The van der Waals surface area contributed by atoms with E-state index < -0.39 is 0 Å². The molecule has 0 fully saturated rings. The van der Waals surface area contributed by atoms with Gasteiger partial charge in [0.25, 0.3) is 0 Å². The fraction of sp³-hybridized carbons (Fsp3) is 0.154. The molecule has 0 unspecified atom stereocenters. The van der Waals surface area contributed by atoms with E-state index in [9.17, 15) is 0 Å². The molecule has 0 atom stereocenters. The standard InChI is InChI=1S/C13H13N3/c1-9-6-10(12-4-3-5-16(12)2)7-11-8-14-15-13(9)11/h3-8H,1-2H3,(H,14,15). The molecule has 3 aromatic rings. The Balaban J connectivity index is 2.29. The molecule has 0 aliphatic heterocycles. The maximum atomic E-state index is 4.08. The van der Waals surface area contributed by atoms with E-state index in [0.717, 1.165) is 10.9 Å². The lowest BCUT2D eigenvalue weighted by Crippen LogP contribution is -1.90. The Morgan fingerprint density at radius 1 is 1.31 bits per heavy atom. The Morgan fingerprint density at radius 3 is 2.94 bits per heavy atom. The van der Waals surface area contributed by atoms with E-state index in [2.05, 4.69) is 59.2 Å². The summed E-state index contributed by atoms with van der Waals surface area (Å²) in [5.74, 6) is 0. The molecule has 0 radical (unpaired) electrons. The fourth-order valence-corrected chi connectivity index (χ4v) is 2.14. The van der Waals surface area contributed by atoms with Crippen LogP contribution in [0.5, 0.6) is 0 Å². The predicted octanol–water partition coefficient (Wildman–Crippen LogP) is 2.88. The molecule has 16 heavy (non-hydrogen) atoms. The number of nitrogens with one attached hydrogen (secondary N) is 1. The van der Waals surface area contributed by atoms with Gasteiger partial charge in [-0.1, -0.05) is 0 Å². The summed E-state index contributed by atoms with van der Waals surface area (Å²) in [5, 5.41) is 8.26. The topological polar surface area (TPSA) is 33.6 Å². The van der Waals surface area contributed by atoms with Crippen LogP contribution in [0.1, 0.15) is 5.56 Å². The van der Waals surface area contributed by atoms with E-state index in [1.54, 1.807) is 0 Å². The highest BCUT2D eigenvalue weighted by Crippen LogP contribution is 2.26. The lowest BCUT2D eigenvalue weighted by Gasteiger charge is -2.05. The molecule has 0 saturated carbocycles. The third-order valence-corrected chi connectivity index (χ3v) is 2.99. The highest BCUT2D eigenvalue weighted by molar-refractivity contribution is 5.86. The third-order valence-electron chi connectivity index (χ3n) is 2.99. The number of rotatable bonds is 1. The predicted molar refractivity (Wildman–Crippen MR) is 65.2 cm³/mol. The molecule has 1 N–H and O–H groups in total. The monoisotopic (exact) mass is 211 g/mol. The largest absolute Gasteiger partial charge is 0.351 e. The van der Waals surface area contributed by atoms with E-state index in [1.165, 1.54) is 16.8 Å². The normalized spacial score (nSPS) is 11.1. The van der Waals surface area contributed by atoms with Crippen molar-refractivity contribution in [2.24, 2.45) is 7.05 Å². The molecule has 1 aromatic carbocycles. The summed E-state index contributed by atoms with van der Waals surface area (Å²) in [4.78, 5) is 0. The molecule has 0 aliphatic carbocycles. The molecule has 80 valence electrons. The molecule has 3 heteroatoms. The number of hydrogen-bond acceptors (Lipinski definition) is 1. The number of fused-ring (bicyclic) bond motifs is 1. The van der Waals surface area contributed by atoms with Crippen molar-refractivity contribution in [1.82, 2.24) is 14.8 Å². The van der Waals surface area contributed by atoms with Crippen LogP contribution in [0.3, 0.4) is 0 Å². The number of aromatic amines is 1. The summed E-state index contributed by atoms with van der Waals surface area (Å²) >= 11 is 0. The maximum Gasteiger partial charge on any atom is 0.0679 e. The van der Waals surface area contributed by atoms with Gasteiger partial charge in [-0.2, -0.15) is 5.10 Å². The van der Waals surface area contributed by atoms with E-state index in [1.807, 2.05) is 6.20 Å². The Hall–Kier alpha value is -2.03. The summed E-state index contributed by atoms with van der Waals surface area (Å²) in [7, 11) is 2.06. The third kappa shape index (κ3) is 1.25. The number of nitrogens with zero attached hydrogens (tertiary/aromatic N) is 2. The van der Waals surface area contributed by atoms with Crippen molar-refractivity contribution in [3.8, 4) is 11.3 Å². The minimum absolute atomic E-state index is 1.12. The van der Waals surface area contributed by atoms with Crippen LogP contribution in [0.4, 0.5) is 0 Å². The Morgan fingerprint density at radius 2 is 2.19 bits per heavy atom. The first-order chi connectivity index (χ1) is 7.75. The minimum Gasteiger partial charge on any atom is -0.351 e. The van der Waals surface area contributed by atoms with Crippen molar-refractivity contribution in [3.63, 3.8) is 0 Å². The summed E-state index contributed by atoms with van der Waals surface area (Å²) in [6, 6.07) is 8.54. The van der Waals surface area contributed by atoms with Crippen LogP contribution in [0.15, 0.2) is 36.7 Å². The van der Waals surface area contributed by atoms with E-state index in [4.69, 9.17) is 0 Å². The van der Waals surface area contributed by atoms with Gasteiger partial charge >= 0.3 is 0 Å². The second kappa shape index (κ2) is 3.23. The summed E-state index contributed by atoms with van der Waals surface area (Å²) < 4.78 is 2.13. The van der Waals surface area contributed by atoms with Gasteiger partial charge in [0.1, 0.15) is 0 Å². The van der Waals surface area contributed by atoms with Gasteiger partial charge in [0.2, 0.25) is 0 Å². The molecular formula is C13H13N3. The Kier molecular flexibility index (Phi) is 1.86. The van der Waals surface area contributed by atoms with Gasteiger partial charge in [-0.15, -0.1) is 0 Å². The highest BCUT2D eigenvalue weighted by atomic mass is 15.1. The SMILES string of the molecule is Cc1cc(-c2cccn2C)cc2cn[nH]c12. The summed E-state index contributed by atoms with van der Waals surface area (Å²) in [6.07, 6.45) is 3.93. The van der Waals surface area contributed by atoms with Crippen molar-refractivity contribution in [1.29, 1.82) is 0 Å². The first-order valence-electron chi connectivity index (χ1n) is 5.31. The van der Waals surface area contributed by atoms with Gasteiger partial charge in [0, 0.05) is 24.3 Å². The molecule has 3 rings (SSSR count). The van der Waals surface area contributed by atoms with E-state index in [0.29, 0.717) is 0 Å². The quantitative estimate of drug-likeness (QED) is 0.659. The Labute approximate surface area is 93.7 Å². The average Bonchev–Trinajstić information content (AvgIpc) is 2.85. The number of benzene rings is 1. The molecule has 0 amide bonds. The average molecular weight is 211 g/mol. The van der Waals surface area contributed by atoms with Gasteiger partial charge < -0.3 is 4.57 Å². The van der Waals surface area contributed by atoms with E-state index >= 15 is 0 Å². The second-order valence-corrected chi connectivity index (χ2v) is 4.13. The summed E-state index contributed by atoms with van der Waals surface area (Å²) in [5.41, 5.74) is 4.81. The molecule has 3 nitrogen and oxygen atoms in total. The lowest BCUT2D eigenvalue weighted by atomic mass is 10.1. The zero-order chi connectivity index (χ0) is 11.1. The van der Waals surface area contributed by atoms with Gasteiger partial charge in [0.15, 0.2) is 0 Å². The maximum absolute atomic E-state index is 4.08. The van der Waals surface area contributed by atoms with Crippen LogP contribution in [0, 0.1) is 6.92 Å². The molecule has 0 aliphatic rings. The number of H-pyrrole nitrogens is 1. The first kappa shape index (κ1) is 9.21. The lowest BCUT2D eigenvalue weighted by molar-refractivity contribution is 0.937. The number of aryl methyl sites for hydroxylation is 2. The smallest absolute Gasteiger partial charge is 0.0679 e. The van der Waals surface area contributed by atoms with Crippen LogP contribution in [-0.2, 0) is 7.05 Å². The van der Waals surface area contributed by atoms with Gasteiger partial charge in [-0.05, 0) is 42.3 Å². The Bertz CT molecular complexity index is 646. The zero-order valence-electron chi connectivity index (χ0n) is 9.36. The van der Waals surface area contributed by atoms with Crippen LogP contribution in [-0.4, -0.2) is 14.8 Å². The van der Waals surface area contributed by atoms with Crippen LogP contribution in [0.25, 0.3) is 22.2 Å². The van der Waals surface area contributed by atoms with Crippen LogP contribution in [0.2, 0.25) is 0 Å². The van der Waals surface area contributed by atoms with E-state index in [-0.39, 0.29) is 0 Å². The molecule has 2 aromatic heterocycles. The van der Waals surface area contributed by atoms with Crippen molar-refractivity contribution in [3.05, 3.63) is 42.2 Å². The van der Waals surface area contributed by atoms with Crippen molar-refractivity contribution in [2.75, 3.05) is 0 Å². The van der Waals surface area contributed by atoms with Crippen molar-refractivity contribution < 1.29 is 0 Å². The zero-order valence-corrected chi connectivity index (χ0v) is 9.36. The number of hydrogen-bond donors (Lipinski definition) is 1. The molecule has 2 heterocycles. The van der Waals surface area contributed by atoms with Crippen molar-refractivity contribution >= 4 is 10.9 Å². The van der Waals surface area contributed by atoms with Gasteiger partial charge in [-0.25, -0.2) is 0 Å². The summed E-state index contributed by atoms with van der Waals surface area (Å²) in [6.45, 7) is 2.10. The molecule has 0 bridgehead atoms. The van der Waals surface area contributed by atoms with Crippen molar-refractivity contribution in [2.45, 2.75) is 6.92 Å². The van der Waals surface area contributed by atoms with Gasteiger partial charge in [-0.3, -0.25) is 5.10 Å². The van der Waals surface area contributed by atoms with Crippen LogP contribution >= 0.6 is 0 Å². The minimum atomic E-state index is 1.12. The molecule has 0 spiro atoms. The number of aromatic nitrogens is 3. The second-order valence-electron chi connectivity index (χ2n) is 4.13. The van der Waals surface area contributed by atoms with Gasteiger partial charge in [0.05, 0.1) is 11.7 Å². The fourth-order valence-electron chi connectivity index (χ4n) is 2.14. The van der Waals surface area contributed by atoms with Crippen LogP contribution < -0.4 is 0 Å². The highest BCUT2D eigenvalue weighted by Gasteiger charge is 2.06. The molecular weight excluding hydrogens is 198 g/mol. The first-order valence-corrected chi connectivity index (χ1v) is 5.31. The molecule has 0 saturated heterocycles.